The number of halogens is 2. The van der Waals surface area contributed by atoms with E-state index >= 15 is 0 Å². The van der Waals surface area contributed by atoms with Gasteiger partial charge in [-0.2, -0.15) is 0 Å². The lowest BCUT2D eigenvalue weighted by atomic mass is 10.2. The van der Waals surface area contributed by atoms with Gasteiger partial charge >= 0.3 is 0 Å². The maximum atomic E-state index is 11.9. The van der Waals surface area contributed by atoms with Crippen LogP contribution < -0.4 is 5.32 Å². The molecule has 6 heteroatoms. The predicted molar refractivity (Wildman–Crippen MR) is 85.5 cm³/mol. The van der Waals surface area contributed by atoms with Crippen LogP contribution >= 0.6 is 38.9 Å². The van der Waals surface area contributed by atoms with Crippen LogP contribution in [0.15, 0.2) is 18.2 Å². The quantitative estimate of drug-likeness (QED) is 0.774. The average molecular weight is 362 g/mol. The van der Waals surface area contributed by atoms with Crippen molar-refractivity contribution in [3.8, 4) is 0 Å². The summed E-state index contributed by atoms with van der Waals surface area (Å²) in [5.41, 5.74) is 0.851. The van der Waals surface area contributed by atoms with Crippen molar-refractivity contribution < 1.29 is 4.79 Å². The first kappa shape index (κ1) is 14.8. The van der Waals surface area contributed by atoms with E-state index in [9.17, 15) is 4.79 Å². The van der Waals surface area contributed by atoms with Crippen LogP contribution in [0.2, 0.25) is 5.02 Å². The van der Waals surface area contributed by atoms with Crippen molar-refractivity contribution in [2.45, 2.75) is 31.0 Å². The van der Waals surface area contributed by atoms with Gasteiger partial charge in [-0.3, -0.25) is 4.79 Å². The second-order valence-electron chi connectivity index (χ2n) is 4.23. The van der Waals surface area contributed by atoms with E-state index in [0.29, 0.717) is 10.2 Å². The van der Waals surface area contributed by atoms with E-state index in [1.54, 1.807) is 6.07 Å². The number of nitrogens with zero attached hydrogens (tertiary/aromatic N) is 1. The maximum Gasteiger partial charge on any atom is 0.239 e. The third-order valence-electron chi connectivity index (χ3n) is 2.68. The monoisotopic (exact) mass is 360 g/mol. The minimum absolute atomic E-state index is 0.0430. The Balaban J connectivity index is 2.06. The summed E-state index contributed by atoms with van der Waals surface area (Å²) < 4.78 is 0.975. The summed E-state index contributed by atoms with van der Waals surface area (Å²) in [6.07, 6.45) is 2.94. The molecule has 1 amide bonds. The number of hydrogen-bond donors (Lipinski definition) is 1. The molecule has 0 aliphatic heterocycles. The molecule has 1 atom stereocenters. The normalized spacial score (nSPS) is 12.6. The highest BCUT2D eigenvalue weighted by molar-refractivity contribution is 9.10. The fourth-order valence-electron chi connectivity index (χ4n) is 1.65. The lowest BCUT2D eigenvalue weighted by molar-refractivity contribution is -0.115. The molecule has 1 heterocycles. The molecule has 1 unspecified atom stereocenters. The number of benzene rings is 1. The Kier molecular flexibility index (Phi) is 5.19. The molecule has 0 spiro atoms. The molecule has 1 aromatic carbocycles. The van der Waals surface area contributed by atoms with Gasteiger partial charge in [-0.1, -0.05) is 58.6 Å². The number of fused-ring (bicyclic) bond motifs is 1. The smallest absolute Gasteiger partial charge is 0.239 e. The van der Waals surface area contributed by atoms with Crippen molar-refractivity contribution >= 4 is 60.1 Å². The summed E-state index contributed by atoms with van der Waals surface area (Å²) in [7, 11) is 0. The molecule has 0 saturated heterocycles. The molecule has 0 fully saturated rings. The van der Waals surface area contributed by atoms with Crippen LogP contribution in [0, 0.1) is 0 Å². The van der Waals surface area contributed by atoms with E-state index < -0.39 is 0 Å². The molecule has 0 bridgehead atoms. The van der Waals surface area contributed by atoms with Crippen molar-refractivity contribution in [3.63, 3.8) is 0 Å². The largest absolute Gasteiger partial charge is 0.301 e. The first-order valence-electron chi connectivity index (χ1n) is 6.11. The third kappa shape index (κ3) is 3.91. The number of amides is 1. The summed E-state index contributed by atoms with van der Waals surface area (Å²) >= 11 is 10.8. The maximum absolute atomic E-state index is 11.9. The molecular weight excluding hydrogens is 348 g/mol. The van der Waals surface area contributed by atoms with Gasteiger partial charge in [-0.25, -0.2) is 4.98 Å². The van der Waals surface area contributed by atoms with Crippen LogP contribution in [0.3, 0.4) is 0 Å². The van der Waals surface area contributed by atoms with E-state index in [4.69, 9.17) is 11.6 Å². The Morgan fingerprint density at radius 1 is 1.58 bits per heavy atom. The number of unbranched alkanes of at least 4 members (excludes halogenated alkanes) is 1. The van der Waals surface area contributed by atoms with Crippen LogP contribution in [-0.2, 0) is 4.79 Å². The van der Waals surface area contributed by atoms with E-state index in [1.807, 2.05) is 12.1 Å². The SMILES string of the molecule is CCCCC(Br)C(=O)Nc1nc2ccc(Cl)cc2s1. The molecule has 0 saturated carbocycles. The first-order valence-corrected chi connectivity index (χ1v) is 8.22. The number of carbonyl (C=O) groups is 1. The van der Waals surface area contributed by atoms with Gasteiger partial charge in [-0.15, -0.1) is 0 Å². The minimum atomic E-state index is -0.164. The van der Waals surface area contributed by atoms with E-state index in [-0.39, 0.29) is 10.7 Å². The number of nitrogens with one attached hydrogen (secondary N) is 1. The predicted octanol–water partition coefficient (Wildman–Crippen LogP) is 4.84. The number of hydrogen-bond acceptors (Lipinski definition) is 3. The fraction of sp³-hybridized carbons (Fsp3) is 0.385. The van der Waals surface area contributed by atoms with Crippen molar-refractivity contribution in [2.24, 2.45) is 0 Å². The number of thiazole rings is 1. The standard InChI is InChI=1S/C13H14BrClN2OS/c1-2-3-4-9(14)12(18)17-13-16-10-6-5-8(15)7-11(10)19-13/h5-7,9H,2-4H2,1H3,(H,16,17,18). The van der Waals surface area contributed by atoms with Gasteiger partial charge in [-0.05, 0) is 24.6 Å². The van der Waals surface area contributed by atoms with Gasteiger partial charge in [0, 0.05) is 5.02 Å². The molecular formula is C13H14BrClN2OS. The highest BCUT2D eigenvalue weighted by atomic mass is 79.9. The highest BCUT2D eigenvalue weighted by Crippen LogP contribution is 2.28. The number of anilines is 1. The molecule has 2 rings (SSSR count). The number of rotatable bonds is 5. The Bertz CT molecular complexity index is 587. The summed E-state index contributed by atoms with van der Waals surface area (Å²) in [5, 5.41) is 4.13. The Hall–Kier alpha value is -0.650. The lowest BCUT2D eigenvalue weighted by Crippen LogP contribution is -2.22. The summed E-state index contributed by atoms with van der Waals surface area (Å²) in [4.78, 5) is 16.1. The van der Waals surface area contributed by atoms with Crippen molar-refractivity contribution in [3.05, 3.63) is 23.2 Å². The van der Waals surface area contributed by atoms with E-state index in [1.165, 1.54) is 11.3 Å². The molecule has 3 nitrogen and oxygen atoms in total. The van der Waals surface area contributed by atoms with Gasteiger partial charge in [0.1, 0.15) is 0 Å². The highest BCUT2D eigenvalue weighted by Gasteiger charge is 2.16. The molecule has 0 radical (unpaired) electrons. The molecule has 102 valence electrons. The summed E-state index contributed by atoms with van der Waals surface area (Å²) in [5.74, 6) is -0.0430. The molecule has 0 aliphatic carbocycles. The van der Waals surface area contributed by atoms with Crippen molar-refractivity contribution in [1.29, 1.82) is 0 Å². The van der Waals surface area contributed by atoms with Crippen LogP contribution in [-0.4, -0.2) is 15.7 Å². The summed E-state index contributed by atoms with van der Waals surface area (Å²) in [6.45, 7) is 2.11. The van der Waals surface area contributed by atoms with Crippen LogP contribution in [0.25, 0.3) is 10.2 Å². The molecule has 1 N–H and O–H groups in total. The number of aromatic nitrogens is 1. The topological polar surface area (TPSA) is 42.0 Å². The van der Waals surface area contributed by atoms with Crippen molar-refractivity contribution in [2.75, 3.05) is 5.32 Å². The van der Waals surface area contributed by atoms with E-state index in [0.717, 1.165) is 29.5 Å². The van der Waals surface area contributed by atoms with Crippen LogP contribution in [0.5, 0.6) is 0 Å². The van der Waals surface area contributed by atoms with E-state index in [2.05, 4.69) is 33.2 Å². The molecule has 1 aromatic heterocycles. The second kappa shape index (κ2) is 6.68. The van der Waals surface area contributed by atoms with Gasteiger partial charge in [0.15, 0.2) is 5.13 Å². The molecule has 19 heavy (non-hydrogen) atoms. The fourth-order valence-corrected chi connectivity index (χ4v) is 3.23. The van der Waals surface area contributed by atoms with Gasteiger partial charge in [0.2, 0.25) is 5.91 Å². The molecule has 2 aromatic rings. The Morgan fingerprint density at radius 2 is 2.37 bits per heavy atom. The average Bonchev–Trinajstić information content (AvgIpc) is 2.77. The zero-order valence-electron chi connectivity index (χ0n) is 10.5. The zero-order valence-corrected chi connectivity index (χ0v) is 13.6. The third-order valence-corrected chi connectivity index (χ3v) is 4.72. The van der Waals surface area contributed by atoms with Gasteiger partial charge < -0.3 is 5.32 Å². The number of carbonyl (C=O) groups excluding carboxylic acids is 1. The minimum Gasteiger partial charge on any atom is -0.301 e. The lowest BCUT2D eigenvalue weighted by Gasteiger charge is -2.07. The van der Waals surface area contributed by atoms with Gasteiger partial charge in [0.05, 0.1) is 15.0 Å². The Morgan fingerprint density at radius 3 is 3.11 bits per heavy atom. The van der Waals surface area contributed by atoms with Crippen molar-refractivity contribution in [1.82, 2.24) is 4.98 Å². The van der Waals surface area contributed by atoms with Crippen LogP contribution in [0.4, 0.5) is 5.13 Å². The summed E-state index contributed by atoms with van der Waals surface area (Å²) in [6, 6.07) is 5.50. The number of alkyl halides is 1. The second-order valence-corrected chi connectivity index (χ2v) is 6.80. The van der Waals surface area contributed by atoms with Crippen LogP contribution in [0.1, 0.15) is 26.2 Å². The van der Waals surface area contributed by atoms with Gasteiger partial charge in [0.25, 0.3) is 0 Å². The molecule has 0 aliphatic rings. The first-order chi connectivity index (χ1) is 9.10. The Labute approximate surface area is 129 Å². The zero-order chi connectivity index (χ0) is 13.8.